The van der Waals surface area contributed by atoms with E-state index >= 15 is 0 Å². The highest BCUT2D eigenvalue weighted by molar-refractivity contribution is 6.02. The van der Waals surface area contributed by atoms with Crippen molar-refractivity contribution in [3.63, 3.8) is 0 Å². The van der Waals surface area contributed by atoms with E-state index in [0.29, 0.717) is 6.61 Å². The molecule has 0 saturated carbocycles. The number of ether oxygens (including phenoxy) is 2. The minimum Gasteiger partial charge on any atom is -0.494 e. The van der Waals surface area contributed by atoms with E-state index < -0.39 is 23.4 Å². The van der Waals surface area contributed by atoms with E-state index in [2.05, 4.69) is 5.32 Å². The van der Waals surface area contributed by atoms with Gasteiger partial charge in [0.15, 0.2) is 6.61 Å². The lowest BCUT2D eigenvalue weighted by Gasteiger charge is -2.13. The van der Waals surface area contributed by atoms with Crippen molar-refractivity contribution in [2.45, 2.75) is 26.2 Å². The van der Waals surface area contributed by atoms with Gasteiger partial charge in [0, 0.05) is 19.4 Å². The molecule has 1 aromatic carbocycles. The topological polar surface area (TPSA) is 145 Å². The Kier molecular flexibility index (Phi) is 7.02. The predicted molar refractivity (Wildman–Crippen MR) is 94.4 cm³/mol. The van der Waals surface area contributed by atoms with Crippen molar-refractivity contribution >= 4 is 35.1 Å². The van der Waals surface area contributed by atoms with Gasteiger partial charge >= 0.3 is 5.97 Å². The minimum atomic E-state index is -0.774. The number of nitrogens with zero attached hydrogens (tertiary/aromatic N) is 2. The highest BCUT2D eigenvalue weighted by Crippen LogP contribution is 2.29. The fourth-order valence-corrected chi connectivity index (χ4v) is 2.50. The summed E-state index contributed by atoms with van der Waals surface area (Å²) in [7, 11) is 0. The standard InChI is InChI=1S/C17H19N3O8/c1-2-27-11-3-4-12(13(9-11)20(25)26)18-14(21)10-28-17(24)7-8-19-15(22)5-6-16(19)23/h3-4,9H,2,5-8,10H2,1H3,(H,18,21). The molecule has 0 aliphatic carbocycles. The lowest BCUT2D eigenvalue weighted by Crippen LogP contribution is -2.32. The summed E-state index contributed by atoms with van der Waals surface area (Å²) in [6, 6.07) is 3.95. The molecule has 2 rings (SSSR count). The average molecular weight is 393 g/mol. The van der Waals surface area contributed by atoms with Crippen LogP contribution in [0.3, 0.4) is 0 Å². The fourth-order valence-electron chi connectivity index (χ4n) is 2.50. The van der Waals surface area contributed by atoms with Crippen molar-refractivity contribution in [2.24, 2.45) is 0 Å². The maximum atomic E-state index is 11.9. The van der Waals surface area contributed by atoms with Gasteiger partial charge in [-0.05, 0) is 19.1 Å². The normalized spacial score (nSPS) is 13.4. The molecule has 1 fully saturated rings. The first kappa shape index (κ1) is 20.8. The van der Waals surface area contributed by atoms with E-state index in [0.717, 1.165) is 4.90 Å². The Bertz CT molecular complexity index is 792. The smallest absolute Gasteiger partial charge is 0.308 e. The van der Waals surface area contributed by atoms with Crippen LogP contribution in [0.2, 0.25) is 0 Å². The number of nitro groups is 1. The average Bonchev–Trinajstić information content (AvgIpc) is 2.97. The Labute approximate surface area is 159 Å². The lowest BCUT2D eigenvalue weighted by molar-refractivity contribution is -0.384. The molecule has 0 spiro atoms. The summed E-state index contributed by atoms with van der Waals surface area (Å²) in [5.74, 6) is -1.96. The molecular formula is C17H19N3O8. The number of carbonyl (C=O) groups is 4. The summed E-state index contributed by atoms with van der Waals surface area (Å²) in [5, 5.41) is 13.4. The monoisotopic (exact) mass is 393 g/mol. The number of hydrogen-bond donors (Lipinski definition) is 1. The summed E-state index contributed by atoms with van der Waals surface area (Å²) in [6.45, 7) is 1.28. The van der Waals surface area contributed by atoms with Gasteiger partial charge in [-0.1, -0.05) is 0 Å². The van der Waals surface area contributed by atoms with Gasteiger partial charge in [0.1, 0.15) is 11.4 Å². The third-order valence-electron chi connectivity index (χ3n) is 3.81. The molecule has 3 amide bonds. The molecule has 0 aromatic heterocycles. The molecule has 1 saturated heterocycles. The molecule has 28 heavy (non-hydrogen) atoms. The molecule has 1 aliphatic heterocycles. The van der Waals surface area contributed by atoms with E-state index in [1.54, 1.807) is 6.92 Å². The van der Waals surface area contributed by atoms with Gasteiger partial charge in [0.05, 0.1) is 24.0 Å². The minimum absolute atomic E-state index is 0.0669. The number of benzene rings is 1. The van der Waals surface area contributed by atoms with Gasteiger partial charge in [0.25, 0.3) is 11.6 Å². The molecule has 0 atom stereocenters. The van der Waals surface area contributed by atoms with Gasteiger partial charge in [0.2, 0.25) is 11.8 Å². The van der Waals surface area contributed by atoms with E-state index in [4.69, 9.17) is 9.47 Å². The Hall–Kier alpha value is -3.50. The fraction of sp³-hybridized carbons (Fsp3) is 0.412. The van der Waals surface area contributed by atoms with Crippen LogP contribution in [0, 0.1) is 10.1 Å². The summed E-state index contributed by atoms with van der Waals surface area (Å²) in [6.07, 6.45) is 0.00225. The molecule has 1 aromatic rings. The molecule has 11 nitrogen and oxygen atoms in total. The van der Waals surface area contributed by atoms with Crippen molar-refractivity contribution in [3.05, 3.63) is 28.3 Å². The SMILES string of the molecule is CCOc1ccc(NC(=O)COC(=O)CCN2C(=O)CCC2=O)c([N+](=O)[O-])c1. The summed E-state index contributed by atoms with van der Waals surface area (Å²) in [5.41, 5.74) is -0.431. The molecule has 1 aliphatic rings. The van der Waals surface area contributed by atoms with E-state index in [1.165, 1.54) is 18.2 Å². The predicted octanol–water partition coefficient (Wildman–Crippen LogP) is 1.01. The number of amides is 3. The number of rotatable bonds is 9. The van der Waals surface area contributed by atoms with Crippen molar-refractivity contribution in [3.8, 4) is 5.75 Å². The van der Waals surface area contributed by atoms with Crippen LogP contribution in [-0.4, -0.2) is 53.3 Å². The first-order valence-electron chi connectivity index (χ1n) is 8.51. The number of hydrogen-bond acceptors (Lipinski definition) is 8. The molecule has 11 heteroatoms. The first-order valence-corrected chi connectivity index (χ1v) is 8.51. The van der Waals surface area contributed by atoms with Crippen LogP contribution in [0.4, 0.5) is 11.4 Å². The zero-order chi connectivity index (χ0) is 20.7. The molecule has 0 unspecified atom stereocenters. The molecule has 0 bridgehead atoms. The summed E-state index contributed by atoms with van der Waals surface area (Å²) < 4.78 is 9.96. The first-order chi connectivity index (χ1) is 13.3. The van der Waals surface area contributed by atoms with Gasteiger partial charge in [-0.2, -0.15) is 0 Å². The number of imide groups is 1. The number of nitrogens with one attached hydrogen (secondary N) is 1. The van der Waals surface area contributed by atoms with Crippen LogP contribution in [-0.2, 0) is 23.9 Å². The van der Waals surface area contributed by atoms with Crippen molar-refractivity contribution < 1.29 is 33.6 Å². The zero-order valence-corrected chi connectivity index (χ0v) is 15.1. The maximum absolute atomic E-state index is 11.9. The van der Waals surface area contributed by atoms with E-state index in [9.17, 15) is 29.3 Å². The highest BCUT2D eigenvalue weighted by Gasteiger charge is 2.29. The molecular weight excluding hydrogens is 374 g/mol. The van der Waals surface area contributed by atoms with Crippen LogP contribution in [0.25, 0.3) is 0 Å². The maximum Gasteiger partial charge on any atom is 0.308 e. The largest absolute Gasteiger partial charge is 0.494 e. The van der Waals surface area contributed by atoms with Crippen molar-refractivity contribution in [2.75, 3.05) is 25.1 Å². The second kappa shape index (κ2) is 9.44. The van der Waals surface area contributed by atoms with Crippen molar-refractivity contribution in [1.82, 2.24) is 4.90 Å². The second-order valence-corrected chi connectivity index (χ2v) is 5.77. The van der Waals surface area contributed by atoms with Crippen LogP contribution in [0.1, 0.15) is 26.2 Å². The number of carbonyl (C=O) groups excluding carboxylic acids is 4. The van der Waals surface area contributed by atoms with Gasteiger partial charge in [-0.15, -0.1) is 0 Å². The Morgan fingerprint density at radius 1 is 1.25 bits per heavy atom. The summed E-state index contributed by atoms with van der Waals surface area (Å²) in [4.78, 5) is 57.9. The number of nitro benzene ring substituents is 1. The Balaban J connectivity index is 1.85. The number of likely N-dealkylation sites (tertiary alicyclic amines) is 1. The van der Waals surface area contributed by atoms with Crippen LogP contribution < -0.4 is 10.1 Å². The Morgan fingerprint density at radius 3 is 2.54 bits per heavy atom. The molecule has 1 heterocycles. The van der Waals surface area contributed by atoms with Crippen LogP contribution in [0.15, 0.2) is 18.2 Å². The molecule has 150 valence electrons. The van der Waals surface area contributed by atoms with E-state index in [1.807, 2.05) is 0 Å². The van der Waals surface area contributed by atoms with Gasteiger partial charge in [-0.25, -0.2) is 0 Å². The molecule has 0 radical (unpaired) electrons. The molecule has 1 N–H and O–H groups in total. The van der Waals surface area contributed by atoms with Crippen LogP contribution >= 0.6 is 0 Å². The van der Waals surface area contributed by atoms with Crippen LogP contribution in [0.5, 0.6) is 5.75 Å². The third kappa shape index (κ3) is 5.50. The van der Waals surface area contributed by atoms with Gasteiger partial charge in [-0.3, -0.25) is 34.2 Å². The third-order valence-corrected chi connectivity index (χ3v) is 3.81. The lowest BCUT2D eigenvalue weighted by atomic mass is 10.2. The number of esters is 1. The van der Waals surface area contributed by atoms with Crippen molar-refractivity contribution in [1.29, 1.82) is 0 Å². The second-order valence-electron chi connectivity index (χ2n) is 5.77. The zero-order valence-electron chi connectivity index (χ0n) is 15.1. The summed E-state index contributed by atoms with van der Waals surface area (Å²) >= 11 is 0. The quantitative estimate of drug-likeness (QED) is 0.283. The highest BCUT2D eigenvalue weighted by atomic mass is 16.6. The number of anilines is 1. The Morgan fingerprint density at radius 2 is 1.93 bits per heavy atom. The van der Waals surface area contributed by atoms with Gasteiger partial charge < -0.3 is 14.8 Å². The van der Waals surface area contributed by atoms with E-state index in [-0.39, 0.29) is 54.7 Å².